The Morgan fingerprint density at radius 1 is 1.17 bits per heavy atom. The van der Waals surface area contributed by atoms with Gasteiger partial charge in [-0.1, -0.05) is 13.8 Å². The molecule has 0 amide bonds. The SMILES string of the molecule is CC.COCCOc1cc(O)cc(C(=O)OC)c1. The van der Waals surface area contributed by atoms with Crippen molar-refractivity contribution in [2.45, 2.75) is 13.8 Å². The Kier molecular flexibility index (Phi) is 8.39. The summed E-state index contributed by atoms with van der Waals surface area (Å²) in [6.07, 6.45) is 0. The summed E-state index contributed by atoms with van der Waals surface area (Å²) in [4.78, 5) is 11.2. The molecule has 18 heavy (non-hydrogen) atoms. The standard InChI is InChI=1S/C11H14O5.C2H6/c1-14-3-4-16-10-6-8(11(13)15-2)5-9(12)7-10;1-2/h5-7,12H,3-4H2,1-2H3;1-2H3. The smallest absolute Gasteiger partial charge is 0.338 e. The molecule has 0 saturated carbocycles. The lowest BCUT2D eigenvalue weighted by Gasteiger charge is -2.07. The molecule has 0 heterocycles. The highest BCUT2D eigenvalue weighted by Crippen LogP contribution is 2.22. The van der Waals surface area contributed by atoms with Gasteiger partial charge >= 0.3 is 5.97 Å². The van der Waals surface area contributed by atoms with E-state index in [2.05, 4.69) is 4.74 Å². The van der Waals surface area contributed by atoms with Crippen LogP contribution in [-0.2, 0) is 9.47 Å². The zero-order valence-corrected chi connectivity index (χ0v) is 11.2. The predicted octanol–water partition coefficient (Wildman–Crippen LogP) is 2.23. The van der Waals surface area contributed by atoms with E-state index in [0.717, 1.165) is 0 Å². The maximum absolute atomic E-state index is 11.2. The fourth-order valence-corrected chi connectivity index (χ4v) is 1.15. The van der Waals surface area contributed by atoms with E-state index in [0.29, 0.717) is 19.0 Å². The third-order valence-corrected chi connectivity index (χ3v) is 1.87. The number of benzene rings is 1. The summed E-state index contributed by atoms with van der Waals surface area (Å²) >= 11 is 0. The first-order valence-electron chi connectivity index (χ1n) is 5.71. The summed E-state index contributed by atoms with van der Waals surface area (Å²) in [7, 11) is 2.84. The topological polar surface area (TPSA) is 65.0 Å². The second-order valence-electron chi connectivity index (χ2n) is 3.05. The second-order valence-corrected chi connectivity index (χ2v) is 3.05. The molecular weight excluding hydrogens is 236 g/mol. The molecule has 5 nitrogen and oxygen atoms in total. The zero-order valence-electron chi connectivity index (χ0n) is 11.2. The molecule has 0 atom stereocenters. The molecule has 1 aromatic carbocycles. The van der Waals surface area contributed by atoms with E-state index < -0.39 is 5.97 Å². The summed E-state index contributed by atoms with van der Waals surface area (Å²) in [5.74, 6) is -0.166. The molecule has 0 aliphatic heterocycles. The van der Waals surface area contributed by atoms with Gasteiger partial charge in [-0.25, -0.2) is 4.79 Å². The lowest BCUT2D eigenvalue weighted by molar-refractivity contribution is 0.0599. The van der Waals surface area contributed by atoms with Gasteiger partial charge < -0.3 is 19.3 Å². The van der Waals surface area contributed by atoms with Gasteiger partial charge in [0, 0.05) is 13.2 Å². The highest BCUT2D eigenvalue weighted by Gasteiger charge is 2.09. The van der Waals surface area contributed by atoms with Crippen LogP contribution in [0.2, 0.25) is 0 Å². The third-order valence-electron chi connectivity index (χ3n) is 1.87. The van der Waals surface area contributed by atoms with Crippen LogP contribution in [0.5, 0.6) is 11.5 Å². The summed E-state index contributed by atoms with van der Waals surface area (Å²) in [6.45, 7) is 4.78. The van der Waals surface area contributed by atoms with Gasteiger partial charge in [0.2, 0.25) is 0 Å². The van der Waals surface area contributed by atoms with Crippen molar-refractivity contribution in [3.63, 3.8) is 0 Å². The van der Waals surface area contributed by atoms with Crippen LogP contribution in [0.15, 0.2) is 18.2 Å². The fourth-order valence-electron chi connectivity index (χ4n) is 1.15. The van der Waals surface area contributed by atoms with Crippen molar-refractivity contribution in [2.75, 3.05) is 27.4 Å². The van der Waals surface area contributed by atoms with Crippen molar-refractivity contribution >= 4 is 5.97 Å². The zero-order chi connectivity index (χ0) is 14.0. The largest absolute Gasteiger partial charge is 0.508 e. The van der Waals surface area contributed by atoms with Gasteiger partial charge in [-0.05, 0) is 12.1 Å². The first kappa shape index (κ1) is 16.2. The van der Waals surface area contributed by atoms with Crippen LogP contribution in [0.3, 0.4) is 0 Å². The van der Waals surface area contributed by atoms with Gasteiger partial charge in [-0.2, -0.15) is 0 Å². The monoisotopic (exact) mass is 256 g/mol. The van der Waals surface area contributed by atoms with Crippen LogP contribution in [-0.4, -0.2) is 38.5 Å². The highest BCUT2D eigenvalue weighted by molar-refractivity contribution is 5.90. The predicted molar refractivity (Wildman–Crippen MR) is 68.2 cm³/mol. The number of carbonyl (C=O) groups excluding carboxylic acids is 1. The summed E-state index contributed by atoms with van der Waals surface area (Å²) in [5, 5.41) is 9.38. The van der Waals surface area contributed by atoms with Crippen molar-refractivity contribution in [3.05, 3.63) is 23.8 Å². The Labute approximate surface area is 107 Å². The van der Waals surface area contributed by atoms with Crippen LogP contribution < -0.4 is 4.74 Å². The van der Waals surface area contributed by atoms with E-state index in [1.807, 2.05) is 13.8 Å². The van der Waals surface area contributed by atoms with Crippen LogP contribution in [0.25, 0.3) is 0 Å². The Hall–Kier alpha value is -1.75. The molecule has 0 radical (unpaired) electrons. The van der Waals surface area contributed by atoms with Crippen molar-refractivity contribution in [2.24, 2.45) is 0 Å². The number of esters is 1. The summed E-state index contributed by atoms with van der Waals surface area (Å²) in [6, 6.07) is 4.23. The normalized spacial score (nSPS) is 9.11. The van der Waals surface area contributed by atoms with Gasteiger partial charge in [0.15, 0.2) is 0 Å². The molecule has 0 spiro atoms. The Balaban J connectivity index is 0.00000137. The number of ether oxygens (including phenoxy) is 3. The highest BCUT2D eigenvalue weighted by atomic mass is 16.5. The minimum absolute atomic E-state index is 0.0460. The first-order chi connectivity index (χ1) is 8.67. The van der Waals surface area contributed by atoms with E-state index in [4.69, 9.17) is 9.47 Å². The average molecular weight is 256 g/mol. The van der Waals surface area contributed by atoms with Crippen molar-refractivity contribution in [1.82, 2.24) is 0 Å². The number of aromatic hydroxyl groups is 1. The average Bonchev–Trinajstić information content (AvgIpc) is 2.40. The van der Waals surface area contributed by atoms with E-state index in [1.165, 1.54) is 25.3 Å². The number of carbonyl (C=O) groups is 1. The van der Waals surface area contributed by atoms with Gasteiger partial charge in [-0.3, -0.25) is 0 Å². The second kappa shape index (κ2) is 9.30. The van der Waals surface area contributed by atoms with E-state index in [1.54, 1.807) is 7.11 Å². The summed E-state index contributed by atoms with van der Waals surface area (Å²) < 4.78 is 14.6. The number of hydrogen-bond donors (Lipinski definition) is 1. The van der Waals surface area contributed by atoms with Gasteiger partial charge in [0.05, 0.1) is 19.3 Å². The molecule has 0 aliphatic rings. The molecule has 0 saturated heterocycles. The van der Waals surface area contributed by atoms with Crippen LogP contribution in [0.4, 0.5) is 0 Å². The molecule has 0 aromatic heterocycles. The number of phenolic OH excluding ortho intramolecular Hbond substituents is 1. The number of methoxy groups -OCH3 is 2. The molecule has 102 valence electrons. The summed E-state index contributed by atoms with van der Waals surface area (Å²) in [5.41, 5.74) is 0.245. The minimum atomic E-state index is -0.521. The van der Waals surface area contributed by atoms with Crippen molar-refractivity contribution in [1.29, 1.82) is 0 Å². The Bertz CT molecular complexity index is 362. The van der Waals surface area contributed by atoms with Crippen LogP contribution in [0.1, 0.15) is 24.2 Å². The Morgan fingerprint density at radius 2 is 1.83 bits per heavy atom. The molecule has 0 bridgehead atoms. The molecule has 0 aliphatic carbocycles. The molecule has 1 rings (SSSR count). The molecule has 0 fully saturated rings. The number of phenols is 1. The number of rotatable bonds is 5. The van der Waals surface area contributed by atoms with E-state index in [9.17, 15) is 9.90 Å². The van der Waals surface area contributed by atoms with Crippen molar-refractivity contribution in [3.8, 4) is 11.5 Å². The Morgan fingerprint density at radius 3 is 2.39 bits per heavy atom. The van der Waals surface area contributed by atoms with E-state index >= 15 is 0 Å². The van der Waals surface area contributed by atoms with E-state index in [-0.39, 0.29) is 11.3 Å². The van der Waals surface area contributed by atoms with Gasteiger partial charge in [-0.15, -0.1) is 0 Å². The third kappa shape index (κ3) is 5.54. The maximum Gasteiger partial charge on any atom is 0.338 e. The fraction of sp³-hybridized carbons (Fsp3) is 0.462. The first-order valence-corrected chi connectivity index (χ1v) is 5.71. The molecular formula is C13H20O5. The molecule has 0 unspecified atom stereocenters. The van der Waals surface area contributed by atoms with Crippen molar-refractivity contribution < 1.29 is 24.1 Å². The maximum atomic E-state index is 11.2. The van der Waals surface area contributed by atoms with Crippen LogP contribution in [0, 0.1) is 0 Å². The number of hydrogen-bond acceptors (Lipinski definition) is 5. The van der Waals surface area contributed by atoms with Gasteiger partial charge in [0.1, 0.15) is 18.1 Å². The lowest BCUT2D eigenvalue weighted by atomic mass is 10.2. The quantitative estimate of drug-likeness (QED) is 0.646. The lowest BCUT2D eigenvalue weighted by Crippen LogP contribution is -2.06. The molecule has 1 N–H and O–H groups in total. The molecule has 5 heteroatoms. The van der Waals surface area contributed by atoms with Crippen LogP contribution >= 0.6 is 0 Å². The minimum Gasteiger partial charge on any atom is -0.508 e. The molecule has 1 aromatic rings. The van der Waals surface area contributed by atoms with Gasteiger partial charge in [0.25, 0.3) is 0 Å².